The van der Waals surface area contributed by atoms with Crippen molar-refractivity contribution in [2.45, 2.75) is 155 Å². The van der Waals surface area contributed by atoms with Gasteiger partial charge < -0.3 is 29.2 Å². The number of unbranched alkanes of at least 4 members (excludes halogenated alkanes) is 12. The van der Waals surface area contributed by atoms with Gasteiger partial charge in [0.1, 0.15) is 6.17 Å². The normalized spacial score (nSPS) is 19.6. The van der Waals surface area contributed by atoms with E-state index in [4.69, 9.17) is 9.97 Å². The first-order valence-corrected chi connectivity index (χ1v) is 28.2. The summed E-state index contributed by atoms with van der Waals surface area (Å²) in [4.78, 5) is 25.3. The number of aromatic amines is 1. The van der Waals surface area contributed by atoms with Gasteiger partial charge in [-0.3, -0.25) is 0 Å². The fourth-order valence-corrected chi connectivity index (χ4v) is 11.5. The van der Waals surface area contributed by atoms with Gasteiger partial charge in [0.15, 0.2) is 0 Å². The quantitative estimate of drug-likeness (QED) is 0.0491. The van der Waals surface area contributed by atoms with Crippen molar-refractivity contribution in [3.8, 4) is 0 Å². The number of rotatable bonds is 24. The molecule has 73 heavy (non-hydrogen) atoms. The van der Waals surface area contributed by atoms with Crippen molar-refractivity contribution in [3.63, 3.8) is 0 Å². The fraction of sp³-hybridized carbons (Fsp3) is 0.438. The summed E-state index contributed by atoms with van der Waals surface area (Å²) < 4.78 is 2.77. The Kier molecular flexibility index (Phi) is 19.8. The SMILES string of the molecule is CCCCCCN1C=CC=CC1c1c(C2C=CC=CN2CCCCCC)c2c(C3C=CC=CN3CCCCCC)c3nc(cc4ccc(cc5nc(cc1n2C1C=CC=CN1CCCCCC)C=C5)[nH]4)C=C3.[Mn]. The minimum absolute atomic E-state index is 0. The molecule has 8 nitrogen and oxygen atoms in total. The van der Waals surface area contributed by atoms with Crippen LogP contribution >= 0.6 is 0 Å². The van der Waals surface area contributed by atoms with E-state index in [2.05, 4.69) is 209 Å². The van der Waals surface area contributed by atoms with Crippen LogP contribution in [0.15, 0.2) is 128 Å². The number of nitrogens with one attached hydrogen (secondary N) is 1. The molecule has 9 heteroatoms. The van der Waals surface area contributed by atoms with Crippen molar-refractivity contribution in [1.29, 1.82) is 0 Å². The van der Waals surface area contributed by atoms with E-state index in [1.807, 2.05) is 0 Å². The summed E-state index contributed by atoms with van der Waals surface area (Å²) in [5, 5.41) is 0. The van der Waals surface area contributed by atoms with Crippen molar-refractivity contribution in [2.24, 2.45) is 0 Å². The Morgan fingerprint density at radius 3 is 1.37 bits per heavy atom. The van der Waals surface area contributed by atoms with Crippen LogP contribution < -0.4 is 0 Å². The maximum Gasteiger partial charge on any atom is 0.125 e. The predicted molar refractivity (Wildman–Crippen MR) is 306 cm³/mol. The smallest absolute Gasteiger partial charge is 0.125 e. The van der Waals surface area contributed by atoms with E-state index < -0.39 is 0 Å². The first-order chi connectivity index (χ1) is 35.6. The maximum atomic E-state index is 5.71. The number of hydrogen-bond acceptors (Lipinski definition) is 6. The van der Waals surface area contributed by atoms with Gasteiger partial charge in [-0.05, 0) is 129 Å². The Morgan fingerprint density at radius 2 is 0.849 bits per heavy atom. The molecule has 6 aliphatic heterocycles. The first-order valence-electron chi connectivity index (χ1n) is 28.2. The molecule has 0 aromatic carbocycles. The Hall–Kier alpha value is -5.76. The number of hydrogen-bond donors (Lipinski definition) is 1. The molecule has 0 amide bonds. The maximum absolute atomic E-state index is 5.71. The van der Waals surface area contributed by atoms with Gasteiger partial charge >= 0.3 is 0 Å². The summed E-state index contributed by atoms with van der Waals surface area (Å²) in [5.74, 6) is 0. The van der Waals surface area contributed by atoms with Crippen molar-refractivity contribution >= 4 is 46.4 Å². The molecule has 8 bridgehead atoms. The van der Waals surface area contributed by atoms with Crippen molar-refractivity contribution in [2.75, 3.05) is 26.2 Å². The van der Waals surface area contributed by atoms with E-state index >= 15 is 0 Å². The van der Waals surface area contributed by atoms with Crippen LogP contribution in [0.1, 0.15) is 194 Å². The zero-order valence-corrected chi connectivity index (χ0v) is 45.6. The molecule has 385 valence electrons. The largest absolute Gasteiger partial charge is 0.367 e. The van der Waals surface area contributed by atoms with Crippen LogP contribution in [0.4, 0.5) is 0 Å². The fourth-order valence-electron chi connectivity index (χ4n) is 11.5. The Balaban J connectivity index is 0.00000711. The Labute approximate surface area is 448 Å². The standard InChI is InChI=1S/C64H82N8.Mn/c1-5-9-13-21-39-68-42-25-17-29-56(68)61-55-38-37-53(67-55)48-52-34-33-50(65-52)47-51-35-36-54(66-51)49-59-62(57-30-18-26-43-69(57)40-22-14-10-6-2)63(58-31-19-27-44-70(58)41-23-15-11-7-3)64(61)72(59)60-32-20-28-46-71(60)45-24-16-12-8-4;/h17-20,25-38,42-44,46-49,56-58,60,65H,5-16,21-24,39-41,45H2,1-4H3;. The van der Waals surface area contributed by atoms with Gasteiger partial charge in [0.2, 0.25) is 0 Å². The Bertz CT molecular complexity index is 2790. The molecule has 1 radical (unpaired) electrons. The third-order valence-electron chi connectivity index (χ3n) is 15.2. The topological polar surface area (TPSA) is 59.5 Å². The van der Waals surface area contributed by atoms with E-state index in [0.29, 0.717) is 0 Å². The summed E-state index contributed by atoms with van der Waals surface area (Å²) in [5.41, 5.74) is 12.4. The molecule has 9 rings (SSSR count). The van der Waals surface area contributed by atoms with Crippen LogP contribution in [-0.2, 0) is 17.1 Å². The van der Waals surface area contributed by atoms with Crippen LogP contribution in [0, 0.1) is 0 Å². The number of allylic oxidation sites excluding steroid dienone is 8. The summed E-state index contributed by atoms with van der Waals surface area (Å²) in [6.45, 7) is 13.1. The van der Waals surface area contributed by atoms with Gasteiger partial charge in [-0.2, -0.15) is 0 Å². The molecular weight excluding hydrogens is 936 g/mol. The van der Waals surface area contributed by atoms with E-state index in [-0.39, 0.29) is 41.4 Å². The summed E-state index contributed by atoms with van der Waals surface area (Å²) >= 11 is 0. The van der Waals surface area contributed by atoms with Crippen molar-refractivity contribution in [3.05, 3.63) is 168 Å². The molecule has 6 aliphatic rings. The number of aromatic nitrogens is 4. The second kappa shape index (κ2) is 27.0. The first kappa shape index (κ1) is 53.5. The third kappa shape index (κ3) is 13.0. The zero-order valence-electron chi connectivity index (χ0n) is 44.4. The average Bonchev–Trinajstić information content (AvgIpc) is 4.23. The average molecular weight is 1020 g/mol. The van der Waals surface area contributed by atoms with Gasteiger partial charge in [0.05, 0.1) is 51.9 Å². The molecule has 3 aromatic rings. The van der Waals surface area contributed by atoms with E-state index in [1.54, 1.807) is 0 Å². The molecule has 4 atom stereocenters. The Morgan fingerprint density at radius 1 is 0.425 bits per heavy atom. The molecule has 0 saturated carbocycles. The van der Waals surface area contributed by atoms with Gasteiger partial charge in [0, 0.05) is 77.2 Å². The van der Waals surface area contributed by atoms with Crippen LogP contribution in [-0.4, -0.2) is 65.3 Å². The number of fused-ring (bicyclic) bond motifs is 8. The summed E-state index contributed by atoms with van der Waals surface area (Å²) in [7, 11) is 0. The third-order valence-corrected chi connectivity index (χ3v) is 15.2. The molecular formula is C64H82MnN8. The number of nitrogens with zero attached hydrogens (tertiary/aromatic N) is 7. The minimum Gasteiger partial charge on any atom is -0.367 e. The molecule has 3 aromatic heterocycles. The summed E-state index contributed by atoms with van der Waals surface area (Å²) in [6, 6.07) is 11.0. The molecule has 1 N–H and O–H groups in total. The zero-order chi connectivity index (χ0) is 49.5. The molecule has 0 aliphatic carbocycles. The molecule has 9 heterocycles. The van der Waals surface area contributed by atoms with Crippen LogP contribution in [0.25, 0.3) is 46.4 Å². The van der Waals surface area contributed by atoms with E-state index in [0.717, 1.165) is 85.7 Å². The predicted octanol–water partition coefficient (Wildman–Crippen LogP) is 16.6. The van der Waals surface area contributed by atoms with E-state index in [1.165, 1.54) is 105 Å². The van der Waals surface area contributed by atoms with Gasteiger partial charge in [0.25, 0.3) is 0 Å². The van der Waals surface area contributed by atoms with Crippen molar-refractivity contribution in [1.82, 2.24) is 39.1 Å². The molecule has 0 fully saturated rings. The van der Waals surface area contributed by atoms with Crippen LogP contribution in [0.3, 0.4) is 0 Å². The monoisotopic (exact) mass is 1020 g/mol. The van der Waals surface area contributed by atoms with Gasteiger partial charge in [-0.1, -0.05) is 147 Å². The molecule has 4 unspecified atom stereocenters. The number of H-pyrrole nitrogens is 1. The van der Waals surface area contributed by atoms with Gasteiger partial charge in [-0.25, -0.2) is 9.97 Å². The molecule has 0 saturated heterocycles. The van der Waals surface area contributed by atoms with E-state index in [9.17, 15) is 0 Å². The van der Waals surface area contributed by atoms with Gasteiger partial charge in [-0.15, -0.1) is 0 Å². The molecule has 0 spiro atoms. The van der Waals surface area contributed by atoms with Crippen molar-refractivity contribution < 1.29 is 17.1 Å². The van der Waals surface area contributed by atoms with Crippen LogP contribution in [0.2, 0.25) is 0 Å². The second-order valence-corrected chi connectivity index (χ2v) is 20.5. The minimum atomic E-state index is -0.111. The second-order valence-electron chi connectivity index (χ2n) is 20.5. The van der Waals surface area contributed by atoms with Crippen LogP contribution in [0.5, 0.6) is 0 Å². The summed E-state index contributed by atoms with van der Waals surface area (Å²) in [6.07, 6.45) is 65.6.